The number of para-hydroxylation sites is 1. The zero-order chi connectivity index (χ0) is 22.5. The van der Waals surface area contributed by atoms with E-state index in [1.54, 1.807) is 12.3 Å². The normalized spacial score (nSPS) is 11.3. The van der Waals surface area contributed by atoms with Gasteiger partial charge in [0.05, 0.1) is 17.1 Å². The predicted molar refractivity (Wildman–Crippen MR) is 136 cm³/mol. The van der Waals surface area contributed by atoms with Crippen LogP contribution in [0.1, 0.15) is 30.3 Å². The Bertz CT molecular complexity index is 1330. The van der Waals surface area contributed by atoms with E-state index in [0.717, 1.165) is 26.5 Å². The van der Waals surface area contributed by atoms with Gasteiger partial charge in [-0.2, -0.15) is 9.78 Å². The Morgan fingerprint density at radius 3 is 2.56 bits per heavy atom. The van der Waals surface area contributed by atoms with Gasteiger partial charge in [0.1, 0.15) is 18.2 Å². The van der Waals surface area contributed by atoms with Crippen LogP contribution in [0.5, 0.6) is 5.75 Å². The molecule has 32 heavy (non-hydrogen) atoms. The Kier molecular flexibility index (Phi) is 7.17. The van der Waals surface area contributed by atoms with Crippen molar-refractivity contribution >= 4 is 49.0 Å². The summed E-state index contributed by atoms with van der Waals surface area (Å²) in [5.74, 6) is 1.33. The zero-order valence-electron chi connectivity index (χ0n) is 17.5. The van der Waals surface area contributed by atoms with Crippen LogP contribution in [0.25, 0.3) is 10.9 Å². The molecule has 0 spiro atoms. The topological polar surface area (TPSA) is 56.5 Å². The Morgan fingerprint density at radius 2 is 1.78 bits per heavy atom. The van der Waals surface area contributed by atoms with Gasteiger partial charge in [0, 0.05) is 20.9 Å². The maximum Gasteiger partial charge on any atom is 0.282 e. The molecule has 0 radical (unpaired) electrons. The van der Waals surface area contributed by atoms with E-state index in [0.29, 0.717) is 35.5 Å². The van der Waals surface area contributed by atoms with Crippen LogP contribution in [-0.2, 0) is 13.0 Å². The molecule has 5 nitrogen and oxygen atoms in total. The first-order valence-electron chi connectivity index (χ1n) is 10.3. The molecule has 3 aromatic carbocycles. The van der Waals surface area contributed by atoms with Crippen molar-refractivity contribution in [3.63, 3.8) is 0 Å². The summed E-state index contributed by atoms with van der Waals surface area (Å²) in [5.41, 5.74) is 2.33. The number of aromatic nitrogens is 2. The first-order chi connectivity index (χ1) is 15.5. The third kappa shape index (κ3) is 5.16. The first-order valence-corrected chi connectivity index (χ1v) is 11.9. The molecule has 1 aromatic heterocycles. The largest absolute Gasteiger partial charge is 0.488 e. The van der Waals surface area contributed by atoms with Crippen LogP contribution >= 0.6 is 31.9 Å². The minimum Gasteiger partial charge on any atom is -0.488 e. The van der Waals surface area contributed by atoms with Crippen molar-refractivity contribution in [1.29, 1.82) is 0 Å². The van der Waals surface area contributed by atoms with Crippen LogP contribution in [0.15, 0.2) is 85.6 Å². The van der Waals surface area contributed by atoms with Crippen LogP contribution in [0, 0.1) is 0 Å². The van der Waals surface area contributed by atoms with Gasteiger partial charge < -0.3 is 4.74 Å². The van der Waals surface area contributed by atoms with Crippen LogP contribution in [0.3, 0.4) is 0 Å². The van der Waals surface area contributed by atoms with Crippen LogP contribution in [0.2, 0.25) is 0 Å². The van der Waals surface area contributed by atoms with Gasteiger partial charge in [0.2, 0.25) is 0 Å². The molecular weight excluding hydrogens is 534 g/mol. The number of hydrogen-bond acceptors (Lipinski definition) is 4. The molecule has 4 aromatic rings. The maximum atomic E-state index is 13.2. The van der Waals surface area contributed by atoms with Crippen molar-refractivity contribution in [3.05, 3.63) is 103 Å². The van der Waals surface area contributed by atoms with Crippen LogP contribution in [0.4, 0.5) is 0 Å². The third-order valence-corrected chi connectivity index (χ3v) is 5.91. The second-order valence-corrected chi connectivity index (χ2v) is 9.09. The lowest BCUT2D eigenvalue weighted by Gasteiger charge is -2.11. The standard InChI is InChI=1S/C25H21Br2N3O2/c1-2-5-24-29-22-13-12-20(27)14-21(22)25(31)30(24)28-15-18-6-3-4-7-23(18)32-16-17-8-10-19(26)11-9-17/h3-4,6-15H,2,5,16H2,1H3. The predicted octanol–water partition coefficient (Wildman–Crippen LogP) is 6.34. The number of aryl methyl sites for hydroxylation is 1. The highest BCUT2D eigenvalue weighted by Gasteiger charge is 2.11. The Morgan fingerprint density at radius 1 is 1.03 bits per heavy atom. The van der Waals surface area contributed by atoms with Gasteiger partial charge in [-0.1, -0.05) is 63.0 Å². The summed E-state index contributed by atoms with van der Waals surface area (Å²) in [6, 6.07) is 21.1. The van der Waals surface area contributed by atoms with Gasteiger partial charge >= 0.3 is 0 Å². The van der Waals surface area contributed by atoms with E-state index in [9.17, 15) is 4.79 Å². The summed E-state index contributed by atoms with van der Waals surface area (Å²) in [4.78, 5) is 17.9. The molecule has 7 heteroatoms. The molecule has 0 aliphatic heterocycles. The lowest BCUT2D eigenvalue weighted by molar-refractivity contribution is 0.306. The van der Waals surface area contributed by atoms with Crippen molar-refractivity contribution in [2.75, 3.05) is 0 Å². The molecule has 0 fully saturated rings. The summed E-state index contributed by atoms with van der Waals surface area (Å²) in [5, 5.41) is 5.04. The number of fused-ring (bicyclic) bond motifs is 1. The van der Waals surface area contributed by atoms with Crippen molar-refractivity contribution in [3.8, 4) is 5.75 Å². The van der Waals surface area contributed by atoms with E-state index in [1.165, 1.54) is 4.68 Å². The molecule has 0 saturated heterocycles. The fourth-order valence-electron chi connectivity index (χ4n) is 3.28. The van der Waals surface area contributed by atoms with Crippen molar-refractivity contribution in [1.82, 2.24) is 9.66 Å². The fraction of sp³-hybridized carbons (Fsp3) is 0.160. The molecule has 0 bridgehead atoms. The highest BCUT2D eigenvalue weighted by atomic mass is 79.9. The highest BCUT2D eigenvalue weighted by molar-refractivity contribution is 9.10. The molecule has 0 unspecified atom stereocenters. The van der Waals surface area contributed by atoms with E-state index in [-0.39, 0.29) is 5.56 Å². The summed E-state index contributed by atoms with van der Waals surface area (Å²) in [6.07, 6.45) is 3.17. The summed E-state index contributed by atoms with van der Waals surface area (Å²) >= 11 is 6.88. The van der Waals surface area contributed by atoms with Crippen molar-refractivity contribution < 1.29 is 4.74 Å². The van der Waals surface area contributed by atoms with Gasteiger partial charge in [-0.25, -0.2) is 4.98 Å². The van der Waals surface area contributed by atoms with E-state index in [4.69, 9.17) is 4.74 Å². The molecule has 0 amide bonds. The van der Waals surface area contributed by atoms with E-state index >= 15 is 0 Å². The number of benzene rings is 3. The van der Waals surface area contributed by atoms with Gasteiger partial charge in [-0.05, 0) is 54.4 Å². The number of ether oxygens (including phenoxy) is 1. The lowest BCUT2D eigenvalue weighted by atomic mass is 10.2. The number of halogens is 2. The first kappa shape index (κ1) is 22.4. The Hall–Kier alpha value is -2.77. The number of rotatable bonds is 7. The number of hydrogen-bond donors (Lipinski definition) is 0. The van der Waals surface area contributed by atoms with E-state index < -0.39 is 0 Å². The van der Waals surface area contributed by atoms with Crippen LogP contribution in [-0.4, -0.2) is 15.9 Å². The fourth-order valence-corrected chi connectivity index (χ4v) is 3.90. The summed E-state index contributed by atoms with van der Waals surface area (Å²) < 4.78 is 9.28. The summed E-state index contributed by atoms with van der Waals surface area (Å²) in [7, 11) is 0. The molecule has 1 heterocycles. The van der Waals surface area contributed by atoms with Gasteiger partial charge in [0.15, 0.2) is 0 Å². The molecule has 0 aliphatic rings. The maximum absolute atomic E-state index is 13.2. The third-order valence-electron chi connectivity index (χ3n) is 4.89. The monoisotopic (exact) mass is 553 g/mol. The number of nitrogens with zero attached hydrogens (tertiary/aromatic N) is 3. The molecule has 0 atom stereocenters. The van der Waals surface area contributed by atoms with Crippen molar-refractivity contribution in [2.45, 2.75) is 26.4 Å². The SMILES string of the molecule is CCCc1nc2ccc(Br)cc2c(=O)n1N=Cc1ccccc1OCc1ccc(Br)cc1. The second kappa shape index (κ2) is 10.2. The minimum atomic E-state index is -0.190. The Balaban J connectivity index is 1.67. The van der Waals surface area contributed by atoms with E-state index in [1.807, 2.05) is 60.7 Å². The highest BCUT2D eigenvalue weighted by Crippen LogP contribution is 2.20. The smallest absolute Gasteiger partial charge is 0.282 e. The quantitative estimate of drug-likeness (QED) is 0.251. The molecular formula is C25H21Br2N3O2. The van der Waals surface area contributed by atoms with Crippen molar-refractivity contribution in [2.24, 2.45) is 5.10 Å². The average Bonchev–Trinajstić information content (AvgIpc) is 2.80. The molecule has 4 rings (SSSR count). The molecule has 0 N–H and O–H groups in total. The Labute approximate surface area is 203 Å². The van der Waals surface area contributed by atoms with E-state index in [2.05, 4.69) is 48.9 Å². The molecule has 0 aliphatic carbocycles. The minimum absolute atomic E-state index is 0.190. The molecule has 162 valence electrons. The van der Waals surface area contributed by atoms with Gasteiger partial charge in [-0.15, -0.1) is 0 Å². The van der Waals surface area contributed by atoms with Gasteiger partial charge in [0.25, 0.3) is 5.56 Å². The molecule has 0 saturated carbocycles. The zero-order valence-corrected chi connectivity index (χ0v) is 20.6. The lowest BCUT2D eigenvalue weighted by Crippen LogP contribution is -2.22. The van der Waals surface area contributed by atoms with Gasteiger partial charge in [-0.3, -0.25) is 4.79 Å². The summed E-state index contributed by atoms with van der Waals surface area (Å²) in [6.45, 7) is 2.49. The van der Waals surface area contributed by atoms with Crippen LogP contribution < -0.4 is 10.3 Å². The second-order valence-electron chi connectivity index (χ2n) is 7.25. The average molecular weight is 555 g/mol.